The van der Waals surface area contributed by atoms with E-state index in [1.54, 1.807) is 25.4 Å². The second-order valence-corrected chi connectivity index (χ2v) is 4.75. The summed E-state index contributed by atoms with van der Waals surface area (Å²) < 4.78 is 5.27. The molecule has 0 aliphatic carbocycles. The van der Waals surface area contributed by atoms with E-state index in [4.69, 9.17) is 4.74 Å². The number of phenolic OH excluding ortho intramolecular Hbond substituents is 2. The van der Waals surface area contributed by atoms with E-state index >= 15 is 0 Å². The van der Waals surface area contributed by atoms with Crippen LogP contribution in [0, 0.1) is 0 Å². The van der Waals surface area contributed by atoms with E-state index in [1.807, 2.05) is 25.1 Å². The van der Waals surface area contributed by atoms with Crippen molar-refractivity contribution in [1.29, 1.82) is 0 Å². The molecule has 0 saturated heterocycles. The van der Waals surface area contributed by atoms with Crippen LogP contribution < -0.4 is 15.0 Å². The number of hydrogen-bond donors (Lipinski definition) is 3. The van der Waals surface area contributed by atoms with Gasteiger partial charge in [-0.15, -0.1) is 0 Å². The minimum absolute atomic E-state index is 0.126. The van der Waals surface area contributed by atoms with Gasteiger partial charge in [-0.25, -0.2) is 4.98 Å². The summed E-state index contributed by atoms with van der Waals surface area (Å²) in [6.07, 6.45) is 1.67. The second kappa shape index (κ2) is 6.21. The first-order chi connectivity index (χ1) is 10.0. The first-order valence-electron chi connectivity index (χ1n) is 6.48. The zero-order chi connectivity index (χ0) is 15.4. The van der Waals surface area contributed by atoms with Crippen molar-refractivity contribution in [3.8, 4) is 17.4 Å². The fourth-order valence-corrected chi connectivity index (χ4v) is 2.03. The molecule has 0 unspecified atom stereocenters. The van der Waals surface area contributed by atoms with E-state index in [2.05, 4.69) is 10.3 Å². The summed E-state index contributed by atoms with van der Waals surface area (Å²) in [4.78, 5) is 6.11. The Bertz CT molecular complexity index is 630. The molecule has 1 aromatic heterocycles. The molecule has 6 heteroatoms. The number of pyridine rings is 1. The fourth-order valence-electron chi connectivity index (χ4n) is 2.03. The van der Waals surface area contributed by atoms with Crippen molar-refractivity contribution in [2.24, 2.45) is 0 Å². The van der Waals surface area contributed by atoms with Gasteiger partial charge in [-0.1, -0.05) is 12.1 Å². The number of aromatic nitrogens is 1. The summed E-state index contributed by atoms with van der Waals surface area (Å²) in [7, 11) is 5.40. The average molecular weight is 289 g/mol. The van der Waals surface area contributed by atoms with Crippen LogP contribution in [0.2, 0.25) is 0 Å². The summed E-state index contributed by atoms with van der Waals surface area (Å²) in [5.74, 6) is 0.209. The van der Waals surface area contributed by atoms with E-state index in [0.717, 1.165) is 11.4 Å². The lowest BCUT2D eigenvalue weighted by Gasteiger charge is -2.20. The molecule has 0 fully saturated rings. The predicted molar refractivity (Wildman–Crippen MR) is 82.2 cm³/mol. The zero-order valence-electron chi connectivity index (χ0n) is 12.3. The Morgan fingerprint density at radius 2 is 2.00 bits per heavy atom. The first-order valence-corrected chi connectivity index (χ1v) is 6.48. The molecule has 112 valence electrons. The number of rotatable bonds is 5. The van der Waals surface area contributed by atoms with Gasteiger partial charge in [0.1, 0.15) is 5.69 Å². The van der Waals surface area contributed by atoms with Gasteiger partial charge < -0.3 is 25.2 Å². The zero-order valence-corrected chi connectivity index (χ0v) is 12.3. The minimum atomic E-state index is -0.139. The van der Waals surface area contributed by atoms with Gasteiger partial charge in [0.25, 0.3) is 0 Å². The number of aromatic hydroxyl groups is 2. The number of ether oxygens (including phenoxy) is 1. The summed E-state index contributed by atoms with van der Waals surface area (Å²) >= 11 is 0. The quantitative estimate of drug-likeness (QED) is 0.732. The lowest BCUT2D eigenvalue weighted by Crippen LogP contribution is -2.13. The van der Waals surface area contributed by atoms with Crippen LogP contribution in [0.15, 0.2) is 30.5 Å². The Hall–Kier alpha value is -2.63. The van der Waals surface area contributed by atoms with Crippen molar-refractivity contribution in [2.45, 2.75) is 6.54 Å². The maximum absolute atomic E-state index is 9.83. The van der Waals surface area contributed by atoms with Crippen LogP contribution in [0.25, 0.3) is 0 Å². The molecule has 1 aromatic carbocycles. The Kier molecular flexibility index (Phi) is 4.37. The van der Waals surface area contributed by atoms with Crippen LogP contribution in [0.5, 0.6) is 17.4 Å². The molecule has 0 radical (unpaired) electrons. The topological polar surface area (TPSA) is 77.9 Å². The highest BCUT2D eigenvalue weighted by Crippen LogP contribution is 2.34. The van der Waals surface area contributed by atoms with Crippen molar-refractivity contribution in [3.63, 3.8) is 0 Å². The minimum Gasteiger partial charge on any atom is -0.504 e. The molecule has 0 aliphatic rings. The van der Waals surface area contributed by atoms with Gasteiger partial charge >= 0.3 is 0 Å². The summed E-state index contributed by atoms with van der Waals surface area (Å²) in [6, 6.07) is 6.72. The van der Waals surface area contributed by atoms with Crippen LogP contribution in [0.1, 0.15) is 5.56 Å². The van der Waals surface area contributed by atoms with Crippen LogP contribution in [0.3, 0.4) is 0 Å². The standard InChI is InChI=1S/C15H19N3O3/c1-18(2)11-7-8-16-15(21-3)13(11)17-9-10-5-4-6-12(19)14(10)20/h4-8,17,19-20H,9H2,1-3H3. The molecular weight excluding hydrogens is 270 g/mol. The van der Waals surface area contributed by atoms with Crippen LogP contribution in [-0.4, -0.2) is 36.4 Å². The number of para-hydroxylation sites is 1. The lowest BCUT2D eigenvalue weighted by atomic mass is 10.2. The van der Waals surface area contributed by atoms with Crippen LogP contribution in [-0.2, 0) is 6.54 Å². The van der Waals surface area contributed by atoms with Crippen molar-refractivity contribution < 1.29 is 14.9 Å². The van der Waals surface area contributed by atoms with Crippen molar-refractivity contribution in [2.75, 3.05) is 31.4 Å². The summed E-state index contributed by atoms with van der Waals surface area (Å²) in [5.41, 5.74) is 2.24. The molecule has 2 rings (SSSR count). The summed E-state index contributed by atoms with van der Waals surface area (Å²) in [5, 5.41) is 22.5. The molecule has 0 aliphatic heterocycles. The molecule has 1 heterocycles. The SMILES string of the molecule is COc1nccc(N(C)C)c1NCc1cccc(O)c1O. The van der Waals surface area contributed by atoms with E-state index in [9.17, 15) is 10.2 Å². The van der Waals surface area contributed by atoms with Gasteiger partial charge in [0.2, 0.25) is 5.88 Å². The van der Waals surface area contributed by atoms with Gasteiger partial charge in [-0.05, 0) is 12.1 Å². The average Bonchev–Trinajstić information content (AvgIpc) is 2.48. The second-order valence-electron chi connectivity index (χ2n) is 4.75. The number of anilines is 2. The molecule has 0 amide bonds. The highest BCUT2D eigenvalue weighted by atomic mass is 16.5. The Labute approximate surface area is 123 Å². The highest BCUT2D eigenvalue weighted by Gasteiger charge is 2.13. The molecule has 3 N–H and O–H groups in total. The first kappa shape index (κ1) is 14.8. The number of benzene rings is 1. The van der Waals surface area contributed by atoms with Gasteiger partial charge in [-0.3, -0.25) is 0 Å². The normalized spacial score (nSPS) is 10.2. The number of nitrogens with zero attached hydrogens (tertiary/aromatic N) is 2. The number of phenols is 2. The maximum atomic E-state index is 9.83. The molecule has 2 aromatic rings. The molecule has 0 atom stereocenters. The molecule has 0 spiro atoms. The van der Waals surface area contributed by atoms with E-state index in [-0.39, 0.29) is 11.5 Å². The van der Waals surface area contributed by atoms with Crippen LogP contribution in [0.4, 0.5) is 11.4 Å². The van der Waals surface area contributed by atoms with Gasteiger partial charge in [0.05, 0.1) is 12.8 Å². The van der Waals surface area contributed by atoms with Crippen molar-refractivity contribution >= 4 is 11.4 Å². The number of methoxy groups -OCH3 is 1. The largest absolute Gasteiger partial charge is 0.504 e. The smallest absolute Gasteiger partial charge is 0.239 e. The molecule has 21 heavy (non-hydrogen) atoms. The van der Waals surface area contributed by atoms with Gasteiger partial charge in [0.15, 0.2) is 11.5 Å². The molecular formula is C15H19N3O3. The Balaban J connectivity index is 2.29. The van der Waals surface area contributed by atoms with Gasteiger partial charge in [0, 0.05) is 32.4 Å². The number of nitrogens with one attached hydrogen (secondary N) is 1. The molecule has 0 bridgehead atoms. The Morgan fingerprint density at radius 3 is 2.67 bits per heavy atom. The maximum Gasteiger partial charge on any atom is 0.239 e. The van der Waals surface area contributed by atoms with E-state index in [0.29, 0.717) is 18.0 Å². The monoisotopic (exact) mass is 289 g/mol. The third kappa shape index (κ3) is 3.10. The fraction of sp³-hybridized carbons (Fsp3) is 0.267. The number of hydrogen-bond acceptors (Lipinski definition) is 6. The Morgan fingerprint density at radius 1 is 1.24 bits per heavy atom. The third-order valence-corrected chi connectivity index (χ3v) is 3.12. The molecule has 6 nitrogen and oxygen atoms in total. The van der Waals surface area contributed by atoms with Gasteiger partial charge in [-0.2, -0.15) is 0 Å². The van der Waals surface area contributed by atoms with E-state index < -0.39 is 0 Å². The van der Waals surface area contributed by atoms with Crippen LogP contribution >= 0.6 is 0 Å². The summed E-state index contributed by atoms with van der Waals surface area (Å²) in [6.45, 7) is 0.336. The van der Waals surface area contributed by atoms with Crippen molar-refractivity contribution in [3.05, 3.63) is 36.0 Å². The lowest BCUT2D eigenvalue weighted by molar-refractivity contribution is 0.398. The van der Waals surface area contributed by atoms with Crippen molar-refractivity contribution in [1.82, 2.24) is 4.98 Å². The third-order valence-electron chi connectivity index (χ3n) is 3.12. The van der Waals surface area contributed by atoms with E-state index in [1.165, 1.54) is 6.07 Å². The highest BCUT2D eigenvalue weighted by molar-refractivity contribution is 5.74. The predicted octanol–water partition coefficient (Wildman–Crippen LogP) is 2.18. The molecule has 0 saturated carbocycles.